The molecule has 0 aromatic heterocycles. The van der Waals surface area contributed by atoms with Crippen molar-refractivity contribution in [2.75, 3.05) is 13.2 Å². The van der Waals surface area contributed by atoms with Crippen LogP contribution in [0.4, 0.5) is 0 Å². The van der Waals surface area contributed by atoms with E-state index in [0.29, 0.717) is 38.5 Å². The molecule has 340 valence electrons. The van der Waals surface area contributed by atoms with Gasteiger partial charge in [0.15, 0.2) is 18.7 Å². The first-order valence-corrected chi connectivity index (χ1v) is 22.0. The van der Waals surface area contributed by atoms with Gasteiger partial charge < -0.3 is 69.3 Å². The van der Waals surface area contributed by atoms with E-state index in [1.807, 2.05) is 0 Å². The molecule has 8 N–H and O–H groups in total. The molecule has 15 heteroatoms. The smallest absolute Gasteiger partial charge is 0.303 e. The summed E-state index contributed by atoms with van der Waals surface area (Å²) in [6, 6.07) is 0. The Bertz CT molecular complexity index is 1550. The fourth-order valence-corrected chi connectivity index (χ4v) is 14.8. The van der Waals surface area contributed by atoms with Gasteiger partial charge in [-0.2, -0.15) is 0 Å². The number of rotatable bonds is 8. The van der Waals surface area contributed by atoms with Crippen LogP contribution in [0.25, 0.3) is 0 Å². The Morgan fingerprint density at radius 3 is 2.00 bits per heavy atom. The first-order chi connectivity index (χ1) is 27.2. The first kappa shape index (κ1) is 46.0. The first-order valence-electron chi connectivity index (χ1n) is 22.0. The molecule has 0 unspecified atom stereocenters. The van der Waals surface area contributed by atoms with Crippen LogP contribution in [0, 0.1) is 44.8 Å². The molecular weight excluding hydrogens is 768 g/mol. The van der Waals surface area contributed by atoms with Gasteiger partial charge in [0.1, 0.15) is 36.6 Å². The molecule has 21 atom stereocenters. The van der Waals surface area contributed by atoms with E-state index in [4.69, 9.17) is 28.4 Å². The highest BCUT2D eigenvalue weighted by Crippen LogP contribution is 2.79. The lowest BCUT2D eigenvalue weighted by atomic mass is 9.32. The number of carbonyl (C=O) groups excluding carboxylic acids is 1. The van der Waals surface area contributed by atoms with Gasteiger partial charge in [-0.3, -0.25) is 4.79 Å². The molecule has 7 rings (SSSR count). The molecule has 0 radical (unpaired) electrons. The highest BCUT2D eigenvalue weighted by atomic mass is 16.7. The van der Waals surface area contributed by atoms with Crippen molar-refractivity contribution < 1.29 is 74.1 Å². The summed E-state index contributed by atoms with van der Waals surface area (Å²) in [5.74, 6) is -1.16. The summed E-state index contributed by atoms with van der Waals surface area (Å²) in [6.07, 6.45) is -9.27. The number of aliphatic hydroxyl groups is 8. The fourth-order valence-electron chi connectivity index (χ4n) is 14.8. The maximum atomic E-state index is 12.3. The van der Waals surface area contributed by atoms with Gasteiger partial charge in [-0.25, -0.2) is 0 Å². The van der Waals surface area contributed by atoms with Gasteiger partial charge in [-0.15, -0.1) is 0 Å². The van der Waals surface area contributed by atoms with Crippen molar-refractivity contribution in [2.24, 2.45) is 44.8 Å². The summed E-state index contributed by atoms with van der Waals surface area (Å²) >= 11 is 0. The van der Waals surface area contributed by atoms with E-state index in [1.165, 1.54) is 6.92 Å². The van der Waals surface area contributed by atoms with Crippen LogP contribution in [0.5, 0.6) is 0 Å². The number of aliphatic hydroxyl groups excluding tert-OH is 7. The fraction of sp³-hybridized carbons (Fsp3) is 0.977. The summed E-state index contributed by atoms with van der Waals surface area (Å²) in [5, 5.41) is 87.6. The Balaban J connectivity index is 1.27. The monoisotopic (exact) mass is 843 g/mol. The third-order valence-corrected chi connectivity index (χ3v) is 18.0. The van der Waals surface area contributed by atoms with Crippen LogP contribution >= 0.6 is 0 Å². The van der Waals surface area contributed by atoms with Crippen molar-refractivity contribution in [3.05, 3.63) is 0 Å². The van der Waals surface area contributed by atoms with E-state index in [-0.39, 0.29) is 41.3 Å². The van der Waals surface area contributed by atoms with Crippen LogP contribution in [0.15, 0.2) is 0 Å². The molecule has 0 spiro atoms. The van der Waals surface area contributed by atoms with Gasteiger partial charge in [-0.05, 0) is 111 Å². The van der Waals surface area contributed by atoms with Gasteiger partial charge >= 0.3 is 5.97 Å². The van der Waals surface area contributed by atoms with Gasteiger partial charge in [0.2, 0.25) is 0 Å². The molecule has 15 nitrogen and oxygen atoms in total. The van der Waals surface area contributed by atoms with Crippen LogP contribution in [0.3, 0.4) is 0 Å². The van der Waals surface area contributed by atoms with Crippen molar-refractivity contribution in [3.63, 3.8) is 0 Å². The molecule has 0 aromatic carbocycles. The van der Waals surface area contributed by atoms with Gasteiger partial charge in [0.25, 0.3) is 0 Å². The minimum Gasteiger partial charge on any atom is -0.454 e. The quantitative estimate of drug-likeness (QED) is 0.129. The van der Waals surface area contributed by atoms with Crippen LogP contribution in [0.2, 0.25) is 0 Å². The minimum atomic E-state index is -1.63. The molecule has 3 aliphatic heterocycles. The highest BCUT2D eigenvalue weighted by molar-refractivity contribution is 5.66. The minimum absolute atomic E-state index is 0.0143. The van der Waals surface area contributed by atoms with Gasteiger partial charge in [-0.1, -0.05) is 41.5 Å². The molecule has 4 aliphatic carbocycles. The number of hydrogen-bond acceptors (Lipinski definition) is 15. The molecule has 7 aliphatic rings. The predicted molar refractivity (Wildman–Crippen MR) is 210 cm³/mol. The topological polar surface area (TPSA) is 234 Å². The SMILES string of the molecule is CC(=O)O[C@H]1[C@H](O[C@H]2CC[C@@]3(C)[C@@H]([C@@H](O[C@@H]4O[C@H](CO)[C@@H](O)[C@H](O)[C@H]4O)C[C@H]4[C@]5(C)C[C@H](O)[C@H]([C@@]6(C)CC[C@@H](C(C)(C)O)O6)[C@@]5(C)CC[C@]43C)C2(C)C)OC[C@@H](O)[C@@H]1O. The maximum absolute atomic E-state index is 12.3. The molecule has 3 heterocycles. The normalized spacial score (nSPS) is 54.9. The molecule has 3 saturated heterocycles. The maximum Gasteiger partial charge on any atom is 0.303 e. The third-order valence-electron chi connectivity index (χ3n) is 18.0. The van der Waals surface area contributed by atoms with Crippen molar-refractivity contribution in [2.45, 2.75) is 212 Å². The lowest BCUT2D eigenvalue weighted by Gasteiger charge is -2.73. The summed E-state index contributed by atoms with van der Waals surface area (Å²) in [4.78, 5) is 12.1. The summed E-state index contributed by atoms with van der Waals surface area (Å²) in [7, 11) is 0. The third kappa shape index (κ3) is 6.98. The molecule has 59 heavy (non-hydrogen) atoms. The van der Waals surface area contributed by atoms with Crippen LogP contribution < -0.4 is 0 Å². The Kier molecular flexibility index (Phi) is 11.9. The Morgan fingerprint density at radius 1 is 0.746 bits per heavy atom. The Morgan fingerprint density at radius 2 is 1.39 bits per heavy atom. The van der Waals surface area contributed by atoms with E-state index in [2.05, 4.69) is 48.5 Å². The molecule has 4 saturated carbocycles. The van der Waals surface area contributed by atoms with Crippen LogP contribution in [-0.4, -0.2) is 151 Å². The van der Waals surface area contributed by atoms with E-state index in [9.17, 15) is 45.6 Å². The lowest BCUT2D eigenvalue weighted by molar-refractivity contribution is -0.356. The van der Waals surface area contributed by atoms with Gasteiger partial charge in [0.05, 0.1) is 48.8 Å². The number of esters is 1. The number of carbonyl (C=O) groups is 1. The van der Waals surface area contributed by atoms with Gasteiger partial charge in [0, 0.05) is 12.8 Å². The van der Waals surface area contributed by atoms with Crippen molar-refractivity contribution >= 4 is 5.97 Å². The average molecular weight is 843 g/mol. The van der Waals surface area contributed by atoms with E-state index < -0.39 is 114 Å². The zero-order valence-corrected chi connectivity index (χ0v) is 36.7. The Labute approximate surface area is 349 Å². The lowest BCUT2D eigenvalue weighted by Crippen LogP contribution is -2.71. The molecule has 7 fully saturated rings. The summed E-state index contributed by atoms with van der Waals surface area (Å²) < 4.78 is 37.8. The molecule has 0 aromatic rings. The molecule has 0 amide bonds. The van der Waals surface area contributed by atoms with E-state index >= 15 is 0 Å². The van der Waals surface area contributed by atoms with Crippen LogP contribution in [0.1, 0.15) is 121 Å². The van der Waals surface area contributed by atoms with E-state index in [1.54, 1.807) is 13.8 Å². The predicted octanol–water partition coefficient (Wildman–Crippen LogP) is 1.93. The second kappa shape index (κ2) is 15.3. The van der Waals surface area contributed by atoms with Crippen molar-refractivity contribution in [1.29, 1.82) is 0 Å². The van der Waals surface area contributed by atoms with Crippen molar-refractivity contribution in [1.82, 2.24) is 0 Å². The number of fused-ring (bicyclic) bond motifs is 5. The number of hydrogen-bond donors (Lipinski definition) is 8. The number of ether oxygens (including phenoxy) is 6. The highest BCUT2D eigenvalue weighted by Gasteiger charge is 2.77. The largest absolute Gasteiger partial charge is 0.454 e. The van der Waals surface area contributed by atoms with Crippen LogP contribution in [-0.2, 0) is 33.2 Å². The van der Waals surface area contributed by atoms with Crippen molar-refractivity contribution in [3.8, 4) is 0 Å². The molecular formula is C44H74O15. The zero-order chi connectivity index (χ0) is 43.6. The summed E-state index contributed by atoms with van der Waals surface area (Å²) in [5.41, 5.74) is -3.93. The Hall–Kier alpha value is -1.05. The second-order valence-electron chi connectivity index (χ2n) is 22.0. The standard InChI is InChI=1S/C44H74O15/c1-21(46)55-33-29(49)23(48)20-54-37(33)58-27-11-13-41(7)35(38(27,2)3)24(56-36-32(52)31(51)30(50)25(19-45)57-36)17-26-40(41,6)15-16-42(8)34(22(47)18-43(26,42)9)44(10)14-12-28(59-44)39(4,5)53/h22-37,45,47-53H,11-20H2,1-10H3/t22-,23+,24-,25+,26+,27-,28-,29-,30+,31-,32+,33+,34-,35-,36+,37-,40+,41-,42+,43-,44+/m0/s1. The average Bonchev–Trinajstić information content (AvgIpc) is 3.64. The zero-order valence-electron chi connectivity index (χ0n) is 36.7. The molecule has 0 bridgehead atoms. The summed E-state index contributed by atoms with van der Waals surface area (Å²) in [6.45, 7) is 19.6. The second-order valence-corrected chi connectivity index (χ2v) is 22.0. The van der Waals surface area contributed by atoms with E-state index in [0.717, 1.165) is 12.8 Å².